The van der Waals surface area contributed by atoms with Crippen LogP contribution in [0.1, 0.15) is 106 Å². The summed E-state index contributed by atoms with van der Waals surface area (Å²) in [5, 5.41) is 37.1. The minimum atomic E-state index is -1.26. The number of carbonyl (C=O) groups excluding carboxylic acids is 1. The molecule has 15 atom stereocenters. The van der Waals surface area contributed by atoms with Gasteiger partial charge in [-0.25, -0.2) is 0 Å². The predicted molar refractivity (Wildman–Crippen MR) is 176 cm³/mol. The third-order valence-corrected chi connectivity index (χ3v) is 16.7. The van der Waals surface area contributed by atoms with E-state index in [0.717, 1.165) is 45.2 Å². The maximum Gasteiger partial charge on any atom is 0.237 e. The first kappa shape index (κ1) is 33.3. The van der Waals surface area contributed by atoms with Crippen molar-refractivity contribution in [1.82, 2.24) is 10.2 Å². The molecule has 9 nitrogen and oxygen atoms in total. The van der Waals surface area contributed by atoms with Crippen LogP contribution < -0.4 is 5.32 Å². The van der Waals surface area contributed by atoms with Gasteiger partial charge in [-0.3, -0.25) is 9.69 Å². The summed E-state index contributed by atoms with van der Waals surface area (Å²) in [4.78, 5) is 14.7. The van der Waals surface area contributed by atoms with Crippen molar-refractivity contribution in [3.8, 4) is 0 Å². The van der Waals surface area contributed by atoms with Gasteiger partial charge in [-0.1, -0.05) is 34.6 Å². The van der Waals surface area contributed by atoms with E-state index in [1.165, 1.54) is 19.3 Å². The van der Waals surface area contributed by atoms with Crippen LogP contribution in [-0.2, 0) is 19.0 Å². The normalized spacial score (nSPS) is 54.4. The van der Waals surface area contributed by atoms with Crippen LogP contribution in [0.2, 0.25) is 0 Å². The SMILES string of the molecule is C[C@@H]1CC(C(O)C(C)(C)O)OC2[C@H]1C1(C)CCC34CC35CCC(OC3CN([C@@H]6CCNC6=O)CCO3)C(C)(C)C5CCC4[C@]1(C)[C@H]2O. The largest absolute Gasteiger partial charge is 0.390 e. The van der Waals surface area contributed by atoms with Gasteiger partial charge in [-0.2, -0.15) is 0 Å². The zero-order valence-corrected chi connectivity index (χ0v) is 30.0. The van der Waals surface area contributed by atoms with Crippen LogP contribution in [0.5, 0.6) is 0 Å². The Morgan fingerprint density at radius 3 is 2.47 bits per heavy atom. The summed E-state index contributed by atoms with van der Waals surface area (Å²) in [5.41, 5.74) is -1.00. The Kier molecular flexibility index (Phi) is 7.53. The van der Waals surface area contributed by atoms with Crippen LogP contribution in [0.15, 0.2) is 0 Å². The van der Waals surface area contributed by atoms with Gasteiger partial charge in [0.2, 0.25) is 5.91 Å². The van der Waals surface area contributed by atoms with E-state index < -0.39 is 23.9 Å². The second-order valence-corrected chi connectivity index (χ2v) is 19.2. The lowest BCUT2D eigenvalue weighted by atomic mass is 9.41. The second kappa shape index (κ2) is 10.6. The van der Waals surface area contributed by atoms with Crippen LogP contribution >= 0.6 is 0 Å². The number of nitrogens with zero attached hydrogens (tertiary/aromatic N) is 1. The highest BCUT2D eigenvalue weighted by Crippen LogP contribution is 2.89. The van der Waals surface area contributed by atoms with E-state index in [9.17, 15) is 20.1 Å². The minimum Gasteiger partial charge on any atom is -0.390 e. The standard InChI is InChI=1S/C38H62N2O7/c1-21-18-23(30(41)34(4,5)44)46-29-28(21)35(6)13-14-38-20-37(38)12-10-26(33(2,3)24(37)8-9-25(38)36(35,7)31(29)42)47-27-19-40(16-17-45-27)22-11-15-39-32(22)43/h21-31,41-42,44H,8-20H2,1-7H3,(H,39,43)/t21-,22-,23?,24?,25?,26?,27?,28+,29?,30?,31+,35?,36-,37?,38?/m1/s1. The van der Waals surface area contributed by atoms with Gasteiger partial charge in [0.25, 0.3) is 0 Å². The first-order valence-electron chi connectivity index (χ1n) is 19.0. The molecule has 0 radical (unpaired) electrons. The molecule has 5 saturated carbocycles. The lowest BCUT2D eigenvalue weighted by Crippen LogP contribution is -2.60. The molecule has 9 heteroatoms. The van der Waals surface area contributed by atoms with E-state index in [2.05, 4.69) is 44.8 Å². The van der Waals surface area contributed by atoms with Gasteiger partial charge in [0.1, 0.15) is 6.10 Å². The van der Waals surface area contributed by atoms with Crippen LogP contribution in [0, 0.1) is 50.7 Å². The molecule has 8 rings (SSSR count). The smallest absolute Gasteiger partial charge is 0.237 e. The third kappa shape index (κ3) is 4.35. The highest BCUT2D eigenvalue weighted by molar-refractivity contribution is 5.83. The Bertz CT molecular complexity index is 1270. The van der Waals surface area contributed by atoms with E-state index >= 15 is 0 Å². The average molecular weight is 659 g/mol. The van der Waals surface area contributed by atoms with Crippen molar-refractivity contribution >= 4 is 5.91 Å². The Morgan fingerprint density at radius 1 is 1.04 bits per heavy atom. The number of carbonyl (C=O) groups is 1. The number of hydrogen-bond acceptors (Lipinski definition) is 8. The number of fused-ring (bicyclic) bond motifs is 4. The molecule has 0 aromatic heterocycles. The number of amides is 1. The van der Waals surface area contributed by atoms with Gasteiger partial charge in [0.05, 0.1) is 49.2 Å². The van der Waals surface area contributed by atoms with E-state index in [1.807, 2.05) is 0 Å². The molecule has 0 aromatic rings. The van der Waals surface area contributed by atoms with Gasteiger partial charge in [0, 0.05) is 18.5 Å². The highest BCUT2D eigenvalue weighted by atomic mass is 16.7. The number of rotatable bonds is 5. The van der Waals surface area contributed by atoms with Crippen molar-refractivity contribution in [1.29, 1.82) is 0 Å². The first-order chi connectivity index (χ1) is 22.0. The molecular weight excluding hydrogens is 596 g/mol. The molecule has 266 valence electrons. The quantitative estimate of drug-likeness (QED) is 0.352. The molecule has 8 fully saturated rings. The van der Waals surface area contributed by atoms with Crippen molar-refractivity contribution in [3.05, 3.63) is 0 Å². The molecule has 0 bridgehead atoms. The number of aliphatic hydroxyl groups is 3. The highest BCUT2D eigenvalue weighted by Gasteiger charge is 2.84. The number of hydrogen-bond donors (Lipinski definition) is 4. The molecule has 2 spiro atoms. The van der Waals surface area contributed by atoms with Gasteiger partial charge in [-0.15, -0.1) is 0 Å². The van der Waals surface area contributed by atoms with Crippen LogP contribution in [0.3, 0.4) is 0 Å². The molecule has 8 aliphatic rings. The summed E-state index contributed by atoms with van der Waals surface area (Å²) in [6.45, 7) is 18.1. The van der Waals surface area contributed by atoms with E-state index in [4.69, 9.17) is 14.2 Å². The lowest BCUT2D eigenvalue weighted by Gasteiger charge is -2.64. The van der Waals surface area contributed by atoms with Gasteiger partial charge < -0.3 is 34.8 Å². The van der Waals surface area contributed by atoms with Gasteiger partial charge >= 0.3 is 0 Å². The Balaban J connectivity index is 1.02. The van der Waals surface area contributed by atoms with Gasteiger partial charge in [-0.05, 0) is 117 Å². The Morgan fingerprint density at radius 2 is 1.77 bits per heavy atom. The summed E-state index contributed by atoms with van der Waals surface area (Å²) in [6, 6.07) is -0.0618. The van der Waals surface area contributed by atoms with E-state index in [1.54, 1.807) is 13.8 Å². The maximum absolute atomic E-state index is 12.4. The van der Waals surface area contributed by atoms with E-state index in [-0.39, 0.29) is 58.0 Å². The second-order valence-electron chi connectivity index (χ2n) is 19.2. The molecule has 5 aliphatic carbocycles. The summed E-state index contributed by atoms with van der Waals surface area (Å²) in [7, 11) is 0. The Labute approximate surface area is 281 Å². The molecule has 0 aromatic carbocycles. The third-order valence-electron chi connectivity index (χ3n) is 16.7. The summed E-state index contributed by atoms with van der Waals surface area (Å²) >= 11 is 0. The monoisotopic (exact) mass is 658 g/mol. The number of aliphatic hydroxyl groups excluding tert-OH is 2. The fourth-order valence-electron chi connectivity index (χ4n) is 14.3. The molecule has 10 unspecified atom stereocenters. The van der Waals surface area contributed by atoms with Crippen molar-refractivity contribution < 1.29 is 34.3 Å². The molecule has 3 aliphatic heterocycles. The van der Waals surface area contributed by atoms with Crippen molar-refractivity contribution in [2.45, 2.75) is 155 Å². The van der Waals surface area contributed by atoms with Crippen LogP contribution in [-0.4, -0.2) is 101 Å². The molecule has 3 saturated heterocycles. The number of ether oxygens (including phenoxy) is 3. The molecule has 3 heterocycles. The number of nitrogens with one attached hydrogen (secondary N) is 1. The maximum atomic E-state index is 12.4. The van der Waals surface area contributed by atoms with Crippen LogP contribution in [0.25, 0.3) is 0 Å². The van der Waals surface area contributed by atoms with Crippen molar-refractivity contribution in [3.63, 3.8) is 0 Å². The van der Waals surface area contributed by atoms with E-state index in [0.29, 0.717) is 42.7 Å². The van der Waals surface area contributed by atoms with Crippen molar-refractivity contribution in [2.75, 3.05) is 26.2 Å². The summed E-state index contributed by atoms with van der Waals surface area (Å²) in [6.07, 6.45) is 7.10. The van der Waals surface area contributed by atoms with Gasteiger partial charge in [0.15, 0.2) is 6.29 Å². The fraction of sp³-hybridized carbons (Fsp3) is 0.974. The first-order valence-corrected chi connectivity index (χ1v) is 19.0. The zero-order valence-electron chi connectivity index (χ0n) is 30.0. The average Bonchev–Trinajstić information content (AvgIpc) is 3.41. The van der Waals surface area contributed by atoms with Crippen LogP contribution in [0.4, 0.5) is 0 Å². The Hall–Kier alpha value is -0.810. The molecule has 1 amide bonds. The molecule has 47 heavy (non-hydrogen) atoms. The van der Waals surface area contributed by atoms with Crippen molar-refractivity contribution in [2.24, 2.45) is 50.7 Å². The predicted octanol–water partition coefficient (Wildman–Crippen LogP) is 3.86. The topological polar surface area (TPSA) is 121 Å². The zero-order chi connectivity index (χ0) is 33.5. The number of morpholine rings is 1. The minimum absolute atomic E-state index is 0.00507. The fourth-order valence-corrected chi connectivity index (χ4v) is 14.3. The summed E-state index contributed by atoms with van der Waals surface area (Å²) < 4.78 is 19.7. The molecule has 4 N–H and O–H groups in total. The summed E-state index contributed by atoms with van der Waals surface area (Å²) in [5.74, 6) is 1.69. The lowest BCUT2D eigenvalue weighted by molar-refractivity contribution is -0.250. The molecular formula is C38H62N2O7.